The number of pyridine rings is 2. The molecule has 0 N–H and O–H groups in total. The molecular weight excluding hydrogens is 444 g/mol. The van der Waals surface area contributed by atoms with Gasteiger partial charge in [-0.05, 0) is 30.9 Å². The van der Waals surface area contributed by atoms with Crippen molar-refractivity contribution >= 4 is 28.4 Å². The van der Waals surface area contributed by atoms with Gasteiger partial charge in [-0.1, -0.05) is 13.0 Å². The Hall–Kier alpha value is -2.76. The van der Waals surface area contributed by atoms with E-state index in [1.807, 2.05) is 0 Å². The smallest absolute Gasteiger partial charge is 0.324 e. The van der Waals surface area contributed by atoms with E-state index < -0.39 is 23.7 Å². The molecule has 164 valence electrons. The van der Waals surface area contributed by atoms with Crippen molar-refractivity contribution in [3.8, 4) is 11.5 Å². The molecule has 0 spiro atoms. The second-order valence-electron chi connectivity index (χ2n) is 6.75. The van der Waals surface area contributed by atoms with Crippen molar-refractivity contribution in [2.45, 2.75) is 31.2 Å². The number of halogens is 6. The minimum Gasteiger partial charge on any atom is -0.324 e. The van der Waals surface area contributed by atoms with E-state index >= 15 is 0 Å². The van der Waals surface area contributed by atoms with Crippen LogP contribution in [0.5, 0.6) is 0 Å². The van der Waals surface area contributed by atoms with E-state index in [0.717, 1.165) is 28.3 Å². The third-order valence-electron chi connectivity index (χ3n) is 4.70. The highest BCUT2D eigenvalue weighted by molar-refractivity contribution is 7.99. The standard InChI is InChI=1S/C19H15F6N5S/c1-4-31-17-14(28-13-7-5-6-12(30(13)17)19(23,24)25)16-27-10-8-11(18(20,21)22)26-9(2)15(10)29(16)3/h5-8H,4H2,1-3H3. The van der Waals surface area contributed by atoms with Crippen LogP contribution in [0.3, 0.4) is 0 Å². The first-order valence-corrected chi connectivity index (χ1v) is 10.0. The van der Waals surface area contributed by atoms with Gasteiger partial charge in [-0.25, -0.2) is 15.0 Å². The molecule has 0 aliphatic rings. The number of aryl methyl sites for hydroxylation is 2. The van der Waals surface area contributed by atoms with E-state index in [1.54, 1.807) is 14.0 Å². The van der Waals surface area contributed by atoms with Gasteiger partial charge in [0.05, 0.1) is 16.7 Å². The zero-order chi connectivity index (χ0) is 22.7. The maximum absolute atomic E-state index is 13.6. The number of thioether (sulfide) groups is 1. The SMILES string of the molecule is CCSc1c(-c2nc3cc(C(F)(F)F)nc(C)c3n2C)nc2cccc(C(F)(F)F)n12. The number of imidazole rings is 2. The van der Waals surface area contributed by atoms with Gasteiger partial charge in [-0.2, -0.15) is 26.3 Å². The Morgan fingerprint density at radius 1 is 1.00 bits per heavy atom. The molecule has 0 saturated heterocycles. The summed E-state index contributed by atoms with van der Waals surface area (Å²) in [6, 6.07) is 4.48. The maximum Gasteiger partial charge on any atom is 0.433 e. The molecule has 4 aromatic heterocycles. The lowest BCUT2D eigenvalue weighted by Crippen LogP contribution is -2.11. The molecule has 4 rings (SSSR count). The molecule has 0 unspecified atom stereocenters. The zero-order valence-electron chi connectivity index (χ0n) is 16.4. The lowest BCUT2D eigenvalue weighted by Gasteiger charge is -2.11. The summed E-state index contributed by atoms with van der Waals surface area (Å²) >= 11 is 1.14. The van der Waals surface area contributed by atoms with Gasteiger partial charge in [-0.3, -0.25) is 4.40 Å². The average molecular weight is 459 g/mol. The van der Waals surface area contributed by atoms with Gasteiger partial charge in [-0.15, -0.1) is 11.8 Å². The quantitative estimate of drug-likeness (QED) is 0.290. The molecule has 0 aromatic carbocycles. The van der Waals surface area contributed by atoms with Crippen molar-refractivity contribution in [1.29, 1.82) is 0 Å². The molecule has 0 fully saturated rings. The van der Waals surface area contributed by atoms with E-state index in [-0.39, 0.29) is 33.4 Å². The minimum atomic E-state index is -4.65. The molecule has 0 atom stereocenters. The van der Waals surface area contributed by atoms with Gasteiger partial charge >= 0.3 is 12.4 Å². The molecule has 0 aliphatic carbocycles. The van der Waals surface area contributed by atoms with E-state index in [4.69, 9.17) is 0 Å². The molecule has 0 aliphatic heterocycles. The van der Waals surface area contributed by atoms with Crippen molar-refractivity contribution in [3.63, 3.8) is 0 Å². The highest BCUT2D eigenvalue weighted by atomic mass is 32.2. The van der Waals surface area contributed by atoms with Crippen LogP contribution in [-0.4, -0.2) is 29.7 Å². The van der Waals surface area contributed by atoms with Gasteiger partial charge < -0.3 is 4.57 Å². The molecular formula is C19H15F6N5S. The first-order chi connectivity index (χ1) is 14.4. The summed E-state index contributed by atoms with van der Waals surface area (Å²) in [5.74, 6) is 0.613. The normalized spacial score (nSPS) is 12.9. The van der Waals surface area contributed by atoms with Crippen molar-refractivity contribution in [3.05, 3.63) is 41.3 Å². The molecule has 12 heteroatoms. The Morgan fingerprint density at radius 3 is 2.32 bits per heavy atom. The molecule has 0 bridgehead atoms. The van der Waals surface area contributed by atoms with Crippen molar-refractivity contribution in [2.24, 2.45) is 7.05 Å². The van der Waals surface area contributed by atoms with Crippen LogP contribution in [0.25, 0.3) is 28.2 Å². The Balaban J connectivity index is 2.04. The van der Waals surface area contributed by atoms with E-state index in [9.17, 15) is 26.3 Å². The van der Waals surface area contributed by atoms with Crippen molar-refractivity contribution < 1.29 is 26.3 Å². The summed E-state index contributed by atoms with van der Waals surface area (Å²) < 4.78 is 82.8. The van der Waals surface area contributed by atoms with Crippen LogP contribution in [0.1, 0.15) is 24.0 Å². The van der Waals surface area contributed by atoms with E-state index in [2.05, 4.69) is 15.0 Å². The number of nitrogens with zero attached hydrogens (tertiary/aromatic N) is 5. The monoisotopic (exact) mass is 459 g/mol. The molecule has 0 saturated carbocycles. The molecule has 4 heterocycles. The second-order valence-corrected chi connectivity index (χ2v) is 8.01. The summed E-state index contributed by atoms with van der Waals surface area (Å²) in [6.45, 7) is 3.21. The second kappa shape index (κ2) is 7.14. The fourth-order valence-corrected chi connectivity index (χ4v) is 4.37. The van der Waals surface area contributed by atoms with Crippen LogP contribution in [0.15, 0.2) is 29.3 Å². The van der Waals surface area contributed by atoms with Gasteiger partial charge in [0, 0.05) is 7.05 Å². The predicted molar refractivity (Wildman–Crippen MR) is 104 cm³/mol. The number of aromatic nitrogens is 5. The topological polar surface area (TPSA) is 48.0 Å². The fraction of sp³-hybridized carbons (Fsp3) is 0.316. The number of hydrogen-bond acceptors (Lipinski definition) is 4. The van der Waals surface area contributed by atoms with Crippen LogP contribution in [0.2, 0.25) is 0 Å². The van der Waals surface area contributed by atoms with Crippen LogP contribution in [-0.2, 0) is 19.4 Å². The first-order valence-electron chi connectivity index (χ1n) is 9.06. The first kappa shape index (κ1) is 21.5. The summed E-state index contributed by atoms with van der Waals surface area (Å²) in [6.07, 6.45) is -9.26. The lowest BCUT2D eigenvalue weighted by molar-refractivity contribution is -0.142. The van der Waals surface area contributed by atoms with E-state index in [1.165, 1.54) is 23.6 Å². The summed E-state index contributed by atoms with van der Waals surface area (Å²) in [7, 11) is 1.57. The largest absolute Gasteiger partial charge is 0.433 e. The molecule has 5 nitrogen and oxygen atoms in total. The highest BCUT2D eigenvalue weighted by Gasteiger charge is 2.36. The Labute approximate surface area is 176 Å². The fourth-order valence-electron chi connectivity index (χ4n) is 3.50. The van der Waals surface area contributed by atoms with Crippen LogP contribution in [0, 0.1) is 6.92 Å². The van der Waals surface area contributed by atoms with Crippen LogP contribution < -0.4 is 0 Å². The summed E-state index contributed by atoms with van der Waals surface area (Å²) in [5.41, 5.74) is -1.25. The van der Waals surface area contributed by atoms with Crippen molar-refractivity contribution in [1.82, 2.24) is 23.9 Å². The third kappa shape index (κ3) is 3.52. The summed E-state index contributed by atoms with van der Waals surface area (Å²) in [5, 5.41) is 0.213. The number of hydrogen-bond donors (Lipinski definition) is 0. The number of fused-ring (bicyclic) bond motifs is 2. The lowest BCUT2D eigenvalue weighted by atomic mass is 10.2. The van der Waals surface area contributed by atoms with Crippen molar-refractivity contribution in [2.75, 3.05) is 5.75 Å². The average Bonchev–Trinajstić information content (AvgIpc) is 3.18. The van der Waals surface area contributed by atoms with Crippen LogP contribution in [0.4, 0.5) is 26.3 Å². The maximum atomic E-state index is 13.6. The molecule has 4 aromatic rings. The number of alkyl halides is 6. The third-order valence-corrected chi connectivity index (χ3v) is 5.64. The Bertz CT molecular complexity index is 1300. The van der Waals surface area contributed by atoms with Gasteiger partial charge in [0.25, 0.3) is 0 Å². The molecule has 31 heavy (non-hydrogen) atoms. The molecule has 0 radical (unpaired) electrons. The van der Waals surface area contributed by atoms with Gasteiger partial charge in [0.2, 0.25) is 0 Å². The summed E-state index contributed by atoms with van der Waals surface area (Å²) in [4.78, 5) is 12.3. The van der Waals surface area contributed by atoms with Crippen LogP contribution >= 0.6 is 11.8 Å². The van der Waals surface area contributed by atoms with Gasteiger partial charge in [0.15, 0.2) is 5.82 Å². The predicted octanol–water partition coefficient (Wildman–Crippen LogP) is 5.74. The highest BCUT2D eigenvalue weighted by Crippen LogP contribution is 2.38. The number of rotatable bonds is 3. The Morgan fingerprint density at radius 2 is 1.71 bits per heavy atom. The van der Waals surface area contributed by atoms with E-state index in [0.29, 0.717) is 11.3 Å². The molecule has 0 amide bonds. The Kier molecular flexibility index (Phi) is 4.95. The zero-order valence-corrected chi connectivity index (χ0v) is 17.2. The van der Waals surface area contributed by atoms with Gasteiger partial charge in [0.1, 0.15) is 27.8 Å². The minimum absolute atomic E-state index is 0.0397.